The van der Waals surface area contributed by atoms with E-state index in [1.807, 2.05) is 0 Å². The van der Waals surface area contributed by atoms with Gasteiger partial charge in [0.2, 0.25) is 0 Å². The van der Waals surface area contributed by atoms with Crippen LogP contribution < -0.4 is 0 Å². The van der Waals surface area contributed by atoms with Crippen LogP contribution in [0.2, 0.25) is 37.3 Å². The van der Waals surface area contributed by atoms with Gasteiger partial charge in [-0.15, -0.1) is 0 Å². The van der Waals surface area contributed by atoms with Gasteiger partial charge in [-0.2, -0.15) is 0 Å². The Balaban J connectivity index is 3.65. The third-order valence-electron chi connectivity index (χ3n) is 4.10. The summed E-state index contributed by atoms with van der Waals surface area (Å²) in [5.41, 5.74) is 0. The Morgan fingerprint density at radius 2 is 1.45 bits per heavy atom. The molecule has 20 heavy (non-hydrogen) atoms. The molecule has 0 saturated carbocycles. The van der Waals surface area contributed by atoms with E-state index in [1.165, 1.54) is 6.04 Å². The summed E-state index contributed by atoms with van der Waals surface area (Å²) in [7, 11) is -3.04. The van der Waals surface area contributed by atoms with Crippen LogP contribution >= 0.6 is 0 Å². The molecule has 3 nitrogen and oxygen atoms in total. The fourth-order valence-corrected chi connectivity index (χ4v) is 4.69. The molecule has 0 atom stereocenters. The van der Waals surface area contributed by atoms with Gasteiger partial charge in [0.1, 0.15) is 0 Å². The summed E-state index contributed by atoms with van der Waals surface area (Å²) in [5, 5.41) is 0.278. The second-order valence-electron chi connectivity index (χ2n) is 7.52. The van der Waals surface area contributed by atoms with E-state index < -0.39 is 16.6 Å². The van der Waals surface area contributed by atoms with Crippen molar-refractivity contribution in [3.63, 3.8) is 0 Å². The molecular weight excluding hydrogens is 284 g/mol. The first-order chi connectivity index (χ1) is 9.02. The van der Waals surface area contributed by atoms with Crippen molar-refractivity contribution in [1.29, 1.82) is 0 Å². The topological polar surface area (TPSA) is 27.7 Å². The zero-order valence-corrected chi connectivity index (χ0v) is 17.0. The van der Waals surface area contributed by atoms with Crippen LogP contribution in [0.3, 0.4) is 0 Å². The predicted molar refractivity (Wildman–Crippen MR) is 92.5 cm³/mol. The van der Waals surface area contributed by atoms with Crippen molar-refractivity contribution < 1.29 is 13.6 Å². The third kappa shape index (κ3) is 8.57. The first kappa shape index (κ1) is 20.3. The summed E-state index contributed by atoms with van der Waals surface area (Å²) in [5.74, 6) is 0. The summed E-state index contributed by atoms with van der Waals surface area (Å²) < 4.78 is 17.6. The van der Waals surface area contributed by atoms with Gasteiger partial charge in [-0.05, 0) is 50.6 Å². The number of hydrogen-bond acceptors (Lipinski definition) is 3. The zero-order chi connectivity index (χ0) is 15.9. The van der Waals surface area contributed by atoms with E-state index in [2.05, 4.69) is 53.9 Å². The summed E-state index contributed by atoms with van der Waals surface area (Å²) in [6, 6.07) is 1.17. The molecule has 0 aromatic rings. The van der Waals surface area contributed by atoms with Gasteiger partial charge in [0.15, 0.2) is 16.6 Å². The van der Waals surface area contributed by atoms with Crippen LogP contribution in [0.5, 0.6) is 0 Å². The van der Waals surface area contributed by atoms with Gasteiger partial charge < -0.3 is 13.6 Å². The van der Waals surface area contributed by atoms with Gasteiger partial charge in [-0.25, -0.2) is 0 Å². The van der Waals surface area contributed by atoms with Gasteiger partial charge in [-0.1, -0.05) is 20.8 Å². The van der Waals surface area contributed by atoms with Crippen molar-refractivity contribution in [2.24, 2.45) is 0 Å². The first-order valence-corrected chi connectivity index (χ1v) is 13.9. The van der Waals surface area contributed by atoms with E-state index in [9.17, 15) is 0 Å². The molecule has 0 N–H and O–H groups in total. The Hall–Kier alpha value is 0.314. The third-order valence-corrected chi connectivity index (χ3v) is 11.3. The fraction of sp³-hybridized carbons (Fsp3) is 1.00. The summed E-state index contributed by atoms with van der Waals surface area (Å²) in [4.78, 5) is 0. The van der Waals surface area contributed by atoms with Crippen LogP contribution in [0.15, 0.2) is 0 Å². The summed E-state index contributed by atoms with van der Waals surface area (Å²) in [6.45, 7) is 21.1. The van der Waals surface area contributed by atoms with E-state index in [4.69, 9.17) is 13.6 Å². The van der Waals surface area contributed by atoms with Crippen molar-refractivity contribution in [1.82, 2.24) is 0 Å². The highest BCUT2D eigenvalue weighted by Gasteiger charge is 2.36. The Bertz CT molecular complexity index is 260. The van der Waals surface area contributed by atoms with Crippen molar-refractivity contribution in [2.45, 2.75) is 71.4 Å². The molecule has 0 saturated heterocycles. The monoisotopic (exact) mass is 320 g/mol. The molecule has 122 valence electrons. The van der Waals surface area contributed by atoms with Crippen LogP contribution in [-0.4, -0.2) is 43.1 Å². The highest BCUT2D eigenvalue weighted by atomic mass is 28.4. The molecule has 0 aliphatic rings. The zero-order valence-electron chi connectivity index (χ0n) is 15.0. The fourth-order valence-electron chi connectivity index (χ4n) is 1.74. The Labute approximate surface area is 128 Å². The maximum atomic E-state index is 6.08. The molecule has 0 fully saturated rings. The number of rotatable bonds is 10. The van der Waals surface area contributed by atoms with Crippen LogP contribution in [0.4, 0.5) is 0 Å². The Kier molecular flexibility index (Phi) is 8.82. The number of hydrogen-bond donors (Lipinski definition) is 0. The quantitative estimate of drug-likeness (QED) is 0.433. The van der Waals surface area contributed by atoms with E-state index in [0.29, 0.717) is 6.61 Å². The predicted octanol–water partition coefficient (Wildman–Crippen LogP) is 4.66. The molecule has 0 unspecified atom stereocenters. The minimum Gasteiger partial charge on any atom is -0.418 e. The number of ether oxygens (including phenoxy) is 1. The van der Waals surface area contributed by atoms with E-state index in [1.54, 1.807) is 0 Å². The molecule has 0 amide bonds. The van der Waals surface area contributed by atoms with Gasteiger partial charge in [-0.3, -0.25) is 0 Å². The van der Waals surface area contributed by atoms with Crippen LogP contribution in [0.25, 0.3) is 0 Å². The normalized spacial score (nSPS) is 13.8. The second kappa shape index (κ2) is 8.68. The van der Waals surface area contributed by atoms with Crippen LogP contribution in [0, 0.1) is 0 Å². The highest BCUT2D eigenvalue weighted by Crippen LogP contribution is 2.36. The van der Waals surface area contributed by atoms with E-state index in [0.717, 1.165) is 26.2 Å². The molecular formula is C15H36O3Si2. The van der Waals surface area contributed by atoms with Gasteiger partial charge in [0.05, 0.1) is 13.2 Å². The molecule has 0 bridgehead atoms. The Morgan fingerprint density at radius 3 is 1.95 bits per heavy atom. The average Bonchev–Trinajstić information content (AvgIpc) is 2.25. The molecule has 0 heterocycles. The summed E-state index contributed by atoms with van der Waals surface area (Å²) >= 11 is 0. The minimum atomic E-state index is -1.61. The largest absolute Gasteiger partial charge is 0.418 e. The maximum absolute atomic E-state index is 6.08. The van der Waals surface area contributed by atoms with Crippen LogP contribution in [0.1, 0.15) is 34.1 Å². The maximum Gasteiger partial charge on any atom is 0.192 e. The SMILES string of the molecule is CCO[Si](C)(C)CCCOCCO[Si](C)(C)C(C)(C)C. The van der Waals surface area contributed by atoms with E-state index >= 15 is 0 Å². The standard InChI is InChI=1S/C15H36O3Si2/c1-9-17-19(5,6)14-10-11-16-12-13-18-20(7,8)15(2,3)4/h9-14H2,1-8H3. The lowest BCUT2D eigenvalue weighted by Crippen LogP contribution is -2.41. The van der Waals surface area contributed by atoms with Gasteiger partial charge in [0.25, 0.3) is 0 Å². The second-order valence-corrected chi connectivity index (χ2v) is 16.6. The highest BCUT2D eigenvalue weighted by molar-refractivity contribution is 6.74. The van der Waals surface area contributed by atoms with Gasteiger partial charge >= 0.3 is 0 Å². The van der Waals surface area contributed by atoms with Crippen molar-refractivity contribution >= 4 is 16.6 Å². The minimum absolute atomic E-state index is 0.278. The first-order valence-electron chi connectivity index (χ1n) is 7.87. The molecule has 0 radical (unpaired) electrons. The van der Waals surface area contributed by atoms with Crippen molar-refractivity contribution in [3.05, 3.63) is 0 Å². The van der Waals surface area contributed by atoms with Crippen LogP contribution in [-0.2, 0) is 13.6 Å². The lowest BCUT2D eigenvalue weighted by atomic mass is 10.2. The van der Waals surface area contributed by atoms with Gasteiger partial charge in [0, 0.05) is 13.2 Å². The smallest absolute Gasteiger partial charge is 0.192 e. The lowest BCUT2D eigenvalue weighted by Gasteiger charge is -2.36. The summed E-state index contributed by atoms with van der Waals surface area (Å²) in [6.07, 6.45) is 1.10. The van der Waals surface area contributed by atoms with Crippen molar-refractivity contribution in [2.75, 3.05) is 26.4 Å². The molecule has 5 heteroatoms. The molecule has 0 aliphatic carbocycles. The van der Waals surface area contributed by atoms with E-state index in [-0.39, 0.29) is 5.04 Å². The molecule has 0 aliphatic heterocycles. The van der Waals surface area contributed by atoms with Crippen molar-refractivity contribution in [3.8, 4) is 0 Å². The molecule has 0 rings (SSSR count). The molecule has 0 spiro atoms. The lowest BCUT2D eigenvalue weighted by molar-refractivity contribution is 0.0952. The Morgan fingerprint density at radius 1 is 0.850 bits per heavy atom. The molecule has 0 aromatic carbocycles. The average molecular weight is 321 g/mol. The molecule has 0 aromatic heterocycles.